The molecule has 3 aliphatic rings. The number of rotatable bonds is 3. The van der Waals surface area contributed by atoms with E-state index >= 15 is 0 Å². The molecule has 3 fully saturated rings. The van der Waals surface area contributed by atoms with Crippen LogP contribution < -0.4 is 5.32 Å². The van der Waals surface area contributed by atoms with Crippen LogP contribution in [0.1, 0.15) is 19.3 Å². The molecule has 2 aliphatic heterocycles. The lowest BCUT2D eigenvalue weighted by Crippen LogP contribution is -2.52. The Balaban J connectivity index is 1.68. The van der Waals surface area contributed by atoms with E-state index in [9.17, 15) is 4.79 Å². The molecule has 96 valence electrons. The minimum Gasteiger partial charge on any atom is -0.384 e. The molecule has 0 aromatic rings. The summed E-state index contributed by atoms with van der Waals surface area (Å²) < 4.78 is 5.41. The lowest BCUT2D eigenvalue weighted by Gasteiger charge is -2.32. The monoisotopic (exact) mass is 238 g/mol. The fraction of sp³-hybridized carbons (Fsp3) is 0.923. The number of nitrogens with one attached hydrogen (secondary N) is 1. The first-order chi connectivity index (χ1) is 8.25. The van der Waals surface area contributed by atoms with Gasteiger partial charge in [-0.2, -0.15) is 0 Å². The summed E-state index contributed by atoms with van der Waals surface area (Å²) in [5, 5.41) is 3.18. The Hall–Kier alpha value is -0.610. The van der Waals surface area contributed by atoms with E-state index in [1.807, 2.05) is 0 Å². The lowest BCUT2D eigenvalue weighted by molar-refractivity contribution is -0.136. The molecule has 2 heterocycles. The van der Waals surface area contributed by atoms with Crippen LogP contribution in [0.15, 0.2) is 0 Å². The molecular weight excluding hydrogens is 216 g/mol. The third-order valence-corrected chi connectivity index (χ3v) is 4.91. The Labute approximate surface area is 103 Å². The van der Waals surface area contributed by atoms with Gasteiger partial charge < -0.3 is 15.0 Å². The van der Waals surface area contributed by atoms with Gasteiger partial charge in [0.05, 0.1) is 12.5 Å². The number of ether oxygens (including phenoxy) is 1. The second-order valence-electron chi connectivity index (χ2n) is 5.96. The Morgan fingerprint density at radius 2 is 2.35 bits per heavy atom. The van der Waals surface area contributed by atoms with Crippen LogP contribution in [0.25, 0.3) is 0 Å². The number of hydrogen-bond acceptors (Lipinski definition) is 3. The number of methoxy groups -OCH3 is 1. The van der Waals surface area contributed by atoms with Crippen molar-refractivity contribution in [3.05, 3.63) is 0 Å². The van der Waals surface area contributed by atoms with Gasteiger partial charge in [-0.3, -0.25) is 4.79 Å². The third-order valence-electron chi connectivity index (χ3n) is 4.91. The van der Waals surface area contributed by atoms with E-state index < -0.39 is 0 Å². The van der Waals surface area contributed by atoms with Gasteiger partial charge in [-0.1, -0.05) is 6.42 Å². The van der Waals surface area contributed by atoms with Crippen LogP contribution in [-0.2, 0) is 9.53 Å². The van der Waals surface area contributed by atoms with Crippen molar-refractivity contribution >= 4 is 5.91 Å². The molecule has 0 bridgehead atoms. The summed E-state index contributed by atoms with van der Waals surface area (Å²) in [5.41, 5.74) is 0.279. The maximum Gasteiger partial charge on any atom is 0.228 e. The van der Waals surface area contributed by atoms with Gasteiger partial charge >= 0.3 is 0 Å². The first-order valence-electron chi connectivity index (χ1n) is 6.74. The van der Waals surface area contributed by atoms with E-state index in [2.05, 4.69) is 10.2 Å². The Bertz CT molecular complexity index is 317. The van der Waals surface area contributed by atoms with Crippen LogP contribution in [-0.4, -0.2) is 50.7 Å². The number of carbonyl (C=O) groups is 1. The van der Waals surface area contributed by atoms with E-state index in [0.717, 1.165) is 32.8 Å². The highest BCUT2D eigenvalue weighted by Gasteiger charge is 2.51. The fourth-order valence-corrected chi connectivity index (χ4v) is 3.83. The van der Waals surface area contributed by atoms with Gasteiger partial charge in [0, 0.05) is 38.7 Å². The molecule has 0 aromatic heterocycles. The molecule has 0 spiro atoms. The van der Waals surface area contributed by atoms with E-state index in [4.69, 9.17) is 4.74 Å². The lowest BCUT2D eigenvalue weighted by atomic mass is 9.82. The molecule has 2 atom stereocenters. The number of hydrogen-bond donors (Lipinski definition) is 1. The average Bonchev–Trinajstić information content (AvgIpc) is 2.71. The van der Waals surface area contributed by atoms with Gasteiger partial charge in [0.2, 0.25) is 5.91 Å². The van der Waals surface area contributed by atoms with Crippen LogP contribution in [0.5, 0.6) is 0 Å². The molecule has 0 aromatic carbocycles. The van der Waals surface area contributed by atoms with Crippen molar-refractivity contribution in [1.82, 2.24) is 10.2 Å². The SMILES string of the molecule is COC[C@]12CCC[C@@H]1CN(C(=O)C1CNC1)C2. The Morgan fingerprint density at radius 3 is 3.00 bits per heavy atom. The molecule has 0 radical (unpaired) electrons. The average molecular weight is 238 g/mol. The molecule has 17 heavy (non-hydrogen) atoms. The first kappa shape index (κ1) is 11.5. The molecule has 0 unspecified atom stereocenters. The highest BCUT2D eigenvalue weighted by molar-refractivity contribution is 5.80. The molecule has 1 N–H and O–H groups in total. The highest BCUT2D eigenvalue weighted by atomic mass is 16.5. The first-order valence-corrected chi connectivity index (χ1v) is 6.74. The molecule has 2 saturated heterocycles. The zero-order valence-corrected chi connectivity index (χ0v) is 10.6. The minimum atomic E-state index is 0.244. The van der Waals surface area contributed by atoms with Crippen LogP contribution >= 0.6 is 0 Å². The van der Waals surface area contributed by atoms with E-state index in [0.29, 0.717) is 11.8 Å². The van der Waals surface area contributed by atoms with Crippen molar-refractivity contribution < 1.29 is 9.53 Å². The molecule has 4 heteroatoms. The second-order valence-corrected chi connectivity index (χ2v) is 5.96. The fourth-order valence-electron chi connectivity index (χ4n) is 3.83. The van der Waals surface area contributed by atoms with Crippen LogP contribution in [0.3, 0.4) is 0 Å². The molecule has 4 nitrogen and oxygen atoms in total. The Kier molecular flexibility index (Phi) is 2.87. The highest BCUT2D eigenvalue weighted by Crippen LogP contribution is 2.49. The number of amides is 1. The summed E-state index contributed by atoms with van der Waals surface area (Å²) in [5.74, 6) is 1.29. The van der Waals surface area contributed by atoms with Gasteiger partial charge in [0.1, 0.15) is 0 Å². The van der Waals surface area contributed by atoms with Gasteiger partial charge in [-0.05, 0) is 18.8 Å². The van der Waals surface area contributed by atoms with E-state index in [1.54, 1.807) is 7.11 Å². The van der Waals surface area contributed by atoms with Crippen molar-refractivity contribution in [1.29, 1.82) is 0 Å². The number of carbonyl (C=O) groups excluding carboxylic acids is 1. The predicted octanol–water partition coefficient (Wildman–Crippen LogP) is 0.481. The standard InChI is InChI=1S/C13H22N2O2/c1-17-9-13-4-2-3-11(13)7-15(8-13)12(16)10-5-14-6-10/h10-11,14H,2-9H2,1H3/t11-,13-/m1/s1. The molecule has 1 saturated carbocycles. The van der Waals surface area contributed by atoms with Gasteiger partial charge in [-0.15, -0.1) is 0 Å². The van der Waals surface area contributed by atoms with Gasteiger partial charge in [-0.25, -0.2) is 0 Å². The van der Waals surface area contributed by atoms with E-state index in [-0.39, 0.29) is 11.3 Å². The minimum absolute atomic E-state index is 0.244. The second kappa shape index (κ2) is 4.25. The van der Waals surface area contributed by atoms with Crippen LogP contribution in [0.4, 0.5) is 0 Å². The summed E-state index contributed by atoms with van der Waals surface area (Å²) in [7, 11) is 1.78. The summed E-state index contributed by atoms with van der Waals surface area (Å²) in [6, 6.07) is 0. The molecule has 3 rings (SSSR count). The van der Waals surface area contributed by atoms with Crippen LogP contribution in [0, 0.1) is 17.3 Å². The topological polar surface area (TPSA) is 41.6 Å². The summed E-state index contributed by atoms with van der Waals surface area (Å²) in [6.07, 6.45) is 3.81. The smallest absolute Gasteiger partial charge is 0.228 e. The zero-order valence-electron chi connectivity index (χ0n) is 10.6. The Morgan fingerprint density at radius 1 is 1.53 bits per heavy atom. The van der Waals surface area contributed by atoms with Crippen LogP contribution in [0.2, 0.25) is 0 Å². The van der Waals surface area contributed by atoms with Crippen molar-refractivity contribution in [3.8, 4) is 0 Å². The van der Waals surface area contributed by atoms with Crippen molar-refractivity contribution in [2.24, 2.45) is 17.3 Å². The van der Waals surface area contributed by atoms with Crippen molar-refractivity contribution in [3.63, 3.8) is 0 Å². The maximum absolute atomic E-state index is 12.3. The molecule has 1 amide bonds. The van der Waals surface area contributed by atoms with Gasteiger partial charge in [0.15, 0.2) is 0 Å². The van der Waals surface area contributed by atoms with Crippen molar-refractivity contribution in [2.45, 2.75) is 19.3 Å². The molecule has 1 aliphatic carbocycles. The quantitative estimate of drug-likeness (QED) is 0.777. The number of nitrogens with zero attached hydrogens (tertiary/aromatic N) is 1. The van der Waals surface area contributed by atoms with E-state index in [1.165, 1.54) is 19.3 Å². The third kappa shape index (κ3) is 1.78. The molecular formula is C13H22N2O2. The van der Waals surface area contributed by atoms with Gasteiger partial charge in [0.25, 0.3) is 0 Å². The summed E-state index contributed by atoms with van der Waals surface area (Å²) in [4.78, 5) is 14.4. The largest absolute Gasteiger partial charge is 0.384 e. The zero-order chi connectivity index (χ0) is 11.9. The van der Waals surface area contributed by atoms with Crippen molar-refractivity contribution in [2.75, 3.05) is 39.9 Å². The number of fused-ring (bicyclic) bond motifs is 1. The summed E-state index contributed by atoms with van der Waals surface area (Å²) in [6.45, 7) is 4.47. The number of likely N-dealkylation sites (tertiary alicyclic amines) is 1. The maximum atomic E-state index is 12.3. The normalized spacial score (nSPS) is 37.0. The summed E-state index contributed by atoms with van der Waals surface area (Å²) >= 11 is 0. The predicted molar refractivity (Wildman–Crippen MR) is 64.6 cm³/mol.